The Kier molecular flexibility index (Phi) is 14.3. The van der Waals surface area contributed by atoms with Crippen LogP contribution in [0.1, 0.15) is 11.1 Å². The van der Waals surface area contributed by atoms with Gasteiger partial charge < -0.3 is 20.1 Å². The summed E-state index contributed by atoms with van der Waals surface area (Å²) in [5, 5.41) is 27.1. The summed E-state index contributed by atoms with van der Waals surface area (Å²) in [4.78, 5) is 21.3. The average molecular weight is 465 g/mol. The Morgan fingerprint density at radius 2 is 1.28 bits per heavy atom. The molecule has 2 aromatic carbocycles. The van der Waals surface area contributed by atoms with Crippen molar-refractivity contribution in [1.29, 1.82) is 0 Å². The molecule has 6 nitrogen and oxygen atoms in total. The molecule has 0 aliphatic rings. The molecule has 0 aromatic heterocycles. The highest BCUT2D eigenvalue weighted by molar-refractivity contribution is 9.09. The van der Waals surface area contributed by atoms with Crippen LogP contribution in [0, 0.1) is 0 Å². The maximum absolute atomic E-state index is 11.1. The van der Waals surface area contributed by atoms with Crippen LogP contribution in [0.4, 0.5) is 0 Å². The minimum atomic E-state index is -0.865. The first-order valence-corrected chi connectivity index (χ1v) is 9.65. The second kappa shape index (κ2) is 15.9. The molecule has 0 bridgehead atoms. The van der Waals surface area contributed by atoms with Crippen LogP contribution in [-0.4, -0.2) is 39.2 Å². The number of carboxylic acids is 1. The molecule has 0 atom stereocenters. The van der Waals surface area contributed by atoms with E-state index in [1.165, 1.54) is 30.3 Å². The number of phenols is 2. The number of aliphatic carboxylic acids is 1. The van der Waals surface area contributed by atoms with Gasteiger partial charge in [-0.2, -0.15) is 0 Å². The summed E-state index contributed by atoms with van der Waals surface area (Å²) in [5.41, 5.74) is 1.51. The van der Waals surface area contributed by atoms with E-state index in [9.17, 15) is 9.59 Å². The molecule has 2 aromatic rings. The number of aromatic hydroxyl groups is 2. The molecule has 0 heterocycles. The Morgan fingerprint density at radius 3 is 1.62 bits per heavy atom. The zero-order valence-electron chi connectivity index (χ0n) is 16.0. The molecule has 2 rings (SSSR count). The Bertz CT molecular complexity index is 754. The maximum atomic E-state index is 11.1. The number of carbonyl (C=O) groups excluding carboxylic acids is 1. The van der Waals surface area contributed by atoms with Crippen molar-refractivity contribution in [2.45, 2.75) is 12.8 Å². The Labute approximate surface area is 178 Å². The van der Waals surface area contributed by atoms with Gasteiger partial charge in [-0.15, -0.1) is 6.58 Å². The molecular formula is C22H25BrO6. The molecule has 156 valence electrons. The van der Waals surface area contributed by atoms with Gasteiger partial charge in [0.25, 0.3) is 0 Å². The number of phenolic OH excluding ortho intramolecular Hbond substituents is 2. The molecule has 0 aliphatic heterocycles. The topological polar surface area (TPSA) is 104 Å². The Morgan fingerprint density at radius 1 is 0.862 bits per heavy atom. The fourth-order valence-corrected chi connectivity index (χ4v) is 1.77. The molecule has 0 amide bonds. The molecule has 0 spiro atoms. The third-order valence-electron chi connectivity index (χ3n) is 3.05. The monoisotopic (exact) mass is 464 g/mol. The molecule has 0 aliphatic carbocycles. The van der Waals surface area contributed by atoms with Crippen LogP contribution in [0.2, 0.25) is 0 Å². The number of ether oxygens (including phenoxy) is 1. The molecule has 29 heavy (non-hydrogen) atoms. The summed E-state index contributed by atoms with van der Waals surface area (Å²) in [5.74, 6) is -0.821. The minimum Gasteiger partial charge on any atom is -0.508 e. The van der Waals surface area contributed by atoms with Gasteiger partial charge in [0, 0.05) is 5.33 Å². The Hall–Kier alpha value is -3.06. The number of esters is 1. The number of alkyl halides is 1. The summed E-state index contributed by atoms with van der Waals surface area (Å²) in [6.07, 6.45) is 3.53. The molecular weight excluding hydrogens is 440 g/mol. The summed E-state index contributed by atoms with van der Waals surface area (Å²) in [6, 6.07) is 12.6. The third-order valence-corrected chi connectivity index (χ3v) is 3.51. The van der Waals surface area contributed by atoms with Crippen molar-refractivity contribution in [2.24, 2.45) is 0 Å². The predicted octanol–water partition coefficient (Wildman–Crippen LogP) is 4.25. The van der Waals surface area contributed by atoms with Crippen molar-refractivity contribution in [1.82, 2.24) is 0 Å². The second-order valence-corrected chi connectivity index (χ2v) is 6.14. The Balaban J connectivity index is 0.000000466. The van der Waals surface area contributed by atoms with E-state index in [-0.39, 0.29) is 36.9 Å². The van der Waals surface area contributed by atoms with Gasteiger partial charge in [0.1, 0.15) is 18.1 Å². The van der Waals surface area contributed by atoms with Gasteiger partial charge in [-0.1, -0.05) is 58.9 Å². The zero-order chi connectivity index (χ0) is 22.1. The van der Waals surface area contributed by atoms with Gasteiger partial charge >= 0.3 is 11.9 Å². The molecule has 0 radical (unpaired) electrons. The number of hydrogen-bond acceptors (Lipinski definition) is 5. The lowest BCUT2D eigenvalue weighted by atomic mass is 10.1. The third kappa shape index (κ3) is 14.6. The first-order valence-electron chi connectivity index (χ1n) is 8.53. The van der Waals surface area contributed by atoms with E-state index in [4.69, 9.17) is 20.1 Å². The highest BCUT2D eigenvalue weighted by Gasteiger charge is 2.03. The van der Waals surface area contributed by atoms with E-state index >= 15 is 0 Å². The van der Waals surface area contributed by atoms with E-state index in [0.717, 1.165) is 10.9 Å². The fourth-order valence-electron chi connectivity index (χ4n) is 1.77. The van der Waals surface area contributed by atoms with E-state index in [2.05, 4.69) is 29.1 Å². The number of carbonyl (C=O) groups is 2. The van der Waals surface area contributed by atoms with Crippen LogP contribution >= 0.6 is 15.9 Å². The SMILES string of the molecule is C=CCBr.C=CCOC(=O)Cc1ccc(O)cc1.O=C(O)Cc1ccc(O)cc1. The van der Waals surface area contributed by atoms with Crippen molar-refractivity contribution in [3.05, 3.63) is 85.0 Å². The van der Waals surface area contributed by atoms with Gasteiger partial charge in [0.15, 0.2) is 0 Å². The van der Waals surface area contributed by atoms with Gasteiger partial charge in [0.2, 0.25) is 0 Å². The number of hydrogen-bond donors (Lipinski definition) is 3. The first-order chi connectivity index (χ1) is 13.8. The summed E-state index contributed by atoms with van der Waals surface area (Å²) in [6.45, 7) is 7.11. The molecule has 0 saturated carbocycles. The van der Waals surface area contributed by atoms with Crippen LogP contribution in [0.25, 0.3) is 0 Å². The normalized spacial score (nSPS) is 9.00. The van der Waals surface area contributed by atoms with Gasteiger partial charge in [-0.3, -0.25) is 9.59 Å². The molecule has 7 heteroatoms. The smallest absolute Gasteiger partial charge is 0.310 e. The minimum absolute atomic E-state index is 0.000278. The van der Waals surface area contributed by atoms with Gasteiger partial charge in [-0.05, 0) is 35.4 Å². The van der Waals surface area contributed by atoms with Crippen LogP contribution in [0.15, 0.2) is 73.8 Å². The van der Waals surface area contributed by atoms with Crippen molar-refractivity contribution >= 4 is 27.9 Å². The lowest BCUT2D eigenvalue weighted by molar-refractivity contribution is -0.141. The van der Waals surface area contributed by atoms with E-state index < -0.39 is 5.97 Å². The van der Waals surface area contributed by atoms with Crippen molar-refractivity contribution in [2.75, 3.05) is 11.9 Å². The molecule has 0 fully saturated rings. The number of halogens is 1. The number of benzene rings is 2. The largest absolute Gasteiger partial charge is 0.508 e. The van der Waals surface area contributed by atoms with Crippen molar-refractivity contribution in [3.63, 3.8) is 0 Å². The lowest BCUT2D eigenvalue weighted by Gasteiger charge is -2.01. The average Bonchev–Trinajstić information content (AvgIpc) is 2.70. The zero-order valence-corrected chi connectivity index (χ0v) is 17.5. The van der Waals surface area contributed by atoms with E-state index in [0.29, 0.717) is 5.56 Å². The van der Waals surface area contributed by atoms with Crippen molar-refractivity contribution in [3.8, 4) is 11.5 Å². The van der Waals surface area contributed by atoms with E-state index in [1.54, 1.807) is 30.3 Å². The molecule has 0 saturated heterocycles. The van der Waals surface area contributed by atoms with Crippen LogP contribution in [-0.2, 0) is 27.2 Å². The number of rotatable bonds is 7. The quantitative estimate of drug-likeness (QED) is 0.321. The van der Waals surface area contributed by atoms with Gasteiger partial charge in [0.05, 0.1) is 12.8 Å². The highest BCUT2D eigenvalue weighted by atomic mass is 79.9. The fraction of sp³-hybridized carbons (Fsp3) is 0.182. The van der Waals surface area contributed by atoms with Crippen LogP contribution < -0.4 is 0 Å². The first kappa shape index (κ1) is 25.9. The maximum Gasteiger partial charge on any atom is 0.310 e. The highest BCUT2D eigenvalue weighted by Crippen LogP contribution is 2.10. The lowest BCUT2D eigenvalue weighted by Crippen LogP contribution is -2.07. The van der Waals surface area contributed by atoms with Gasteiger partial charge in [-0.25, -0.2) is 0 Å². The van der Waals surface area contributed by atoms with Crippen molar-refractivity contribution < 1.29 is 29.6 Å². The number of carboxylic acid groups (broad SMARTS) is 1. The molecule has 3 N–H and O–H groups in total. The number of allylic oxidation sites excluding steroid dienone is 1. The van der Waals surface area contributed by atoms with Crippen LogP contribution in [0.5, 0.6) is 11.5 Å². The van der Waals surface area contributed by atoms with Crippen LogP contribution in [0.3, 0.4) is 0 Å². The second-order valence-electron chi connectivity index (χ2n) is 5.49. The van der Waals surface area contributed by atoms with E-state index in [1.807, 2.05) is 0 Å². The standard InChI is InChI=1S/C11H12O3.C8H8O3.C3H5Br/c1-2-7-14-11(13)8-9-3-5-10(12)6-4-9;9-7-3-1-6(2-4-7)5-8(10)11;1-2-3-4/h2-6,12H,1,7-8H2;1-4,9H,5H2,(H,10,11);2H,1,3H2. The summed E-state index contributed by atoms with van der Waals surface area (Å²) in [7, 11) is 0. The predicted molar refractivity (Wildman–Crippen MR) is 116 cm³/mol. The summed E-state index contributed by atoms with van der Waals surface area (Å²) >= 11 is 3.13. The molecule has 0 unspecified atom stereocenters. The summed E-state index contributed by atoms with van der Waals surface area (Å²) < 4.78 is 4.81.